The zero-order valence-corrected chi connectivity index (χ0v) is 13.4. The van der Waals surface area contributed by atoms with Gasteiger partial charge in [-0.2, -0.15) is 13.5 Å². The number of benzene rings is 1. The average Bonchev–Trinajstić information content (AvgIpc) is 3.19. The van der Waals surface area contributed by atoms with Crippen LogP contribution in [-0.2, 0) is 10.0 Å². The molecule has 0 radical (unpaired) electrons. The number of imidazole rings is 1. The van der Waals surface area contributed by atoms with Crippen molar-refractivity contribution in [2.24, 2.45) is 0 Å². The molecule has 3 rings (SSSR count). The molecule has 0 spiro atoms. The number of aromatic amines is 2. The van der Waals surface area contributed by atoms with Crippen molar-refractivity contribution >= 4 is 15.7 Å². The standard InChI is InChI=1S/C14H16N6O2S/c1-9(2)13-15-7-12(18-13)23(21,22)20-11-5-3-4-10(6-11)14-16-8-17-19-14/h3-9,20H,1-2H3,(H,15,18)(H,16,17,19). The molecule has 0 bridgehead atoms. The Morgan fingerprint density at radius 3 is 2.70 bits per heavy atom. The van der Waals surface area contributed by atoms with E-state index in [4.69, 9.17) is 0 Å². The summed E-state index contributed by atoms with van der Waals surface area (Å²) in [4.78, 5) is 11.0. The normalized spacial score (nSPS) is 11.8. The number of nitrogens with one attached hydrogen (secondary N) is 3. The summed E-state index contributed by atoms with van der Waals surface area (Å²) in [5.74, 6) is 1.31. The van der Waals surface area contributed by atoms with Crippen LogP contribution in [0.2, 0.25) is 0 Å². The molecule has 3 aromatic rings. The summed E-state index contributed by atoms with van der Waals surface area (Å²) in [6.45, 7) is 3.87. The molecule has 120 valence electrons. The largest absolute Gasteiger partial charge is 0.331 e. The van der Waals surface area contributed by atoms with Gasteiger partial charge in [-0.1, -0.05) is 26.0 Å². The number of hydrogen-bond donors (Lipinski definition) is 3. The van der Waals surface area contributed by atoms with Gasteiger partial charge in [-0.05, 0) is 12.1 Å². The van der Waals surface area contributed by atoms with E-state index in [9.17, 15) is 8.42 Å². The van der Waals surface area contributed by atoms with Crippen molar-refractivity contribution in [1.29, 1.82) is 0 Å². The van der Waals surface area contributed by atoms with E-state index in [2.05, 4.69) is 29.9 Å². The Morgan fingerprint density at radius 1 is 1.22 bits per heavy atom. The van der Waals surface area contributed by atoms with Gasteiger partial charge in [0.2, 0.25) is 0 Å². The van der Waals surface area contributed by atoms with Gasteiger partial charge in [0.05, 0.1) is 6.20 Å². The third-order valence-electron chi connectivity index (χ3n) is 3.21. The molecule has 0 saturated carbocycles. The Bertz CT molecular complexity index is 899. The number of nitrogens with zero attached hydrogens (tertiary/aromatic N) is 3. The summed E-state index contributed by atoms with van der Waals surface area (Å²) in [6, 6.07) is 6.89. The topological polar surface area (TPSA) is 116 Å². The maximum Gasteiger partial charge on any atom is 0.278 e. The van der Waals surface area contributed by atoms with Crippen LogP contribution in [0.4, 0.5) is 5.69 Å². The fourth-order valence-electron chi connectivity index (χ4n) is 2.03. The average molecular weight is 332 g/mol. The summed E-state index contributed by atoms with van der Waals surface area (Å²) in [5, 5.41) is 6.55. The van der Waals surface area contributed by atoms with Crippen molar-refractivity contribution in [3.63, 3.8) is 0 Å². The van der Waals surface area contributed by atoms with Crippen molar-refractivity contribution < 1.29 is 8.42 Å². The molecule has 9 heteroatoms. The minimum Gasteiger partial charge on any atom is -0.331 e. The van der Waals surface area contributed by atoms with E-state index in [1.165, 1.54) is 12.5 Å². The molecule has 0 aliphatic carbocycles. The molecule has 0 unspecified atom stereocenters. The monoisotopic (exact) mass is 332 g/mol. The molecule has 8 nitrogen and oxygen atoms in total. The highest BCUT2D eigenvalue weighted by Crippen LogP contribution is 2.21. The SMILES string of the molecule is CC(C)c1ncc(S(=O)(=O)Nc2cccc(-c3ncn[nH]3)c2)[nH]1. The van der Waals surface area contributed by atoms with Gasteiger partial charge in [0.1, 0.15) is 12.2 Å². The van der Waals surface area contributed by atoms with Crippen molar-refractivity contribution in [3.8, 4) is 11.4 Å². The minimum atomic E-state index is -3.73. The van der Waals surface area contributed by atoms with E-state index >= 15 is 0 Å². The first kappa shape index (κ1) is 15.2. The third kappa shape index (κ3) is 3.24. The smallest absolute Gasteiger partial charge is 0.278 e. The van der Waals surface area contributed by atoms with Gasteiger partial charge in [0.15, 0.2) is 10.9 Å². The van der Waals surface area contributed by atoms with Crippen LogP contribution in [-0.4, -0.2) is 33.6 Å². The van der Waals surface area contributed by atoms with Crippen LogP contribution in [0.15, 0.2) is 41.8 Å². The number of hydrogen-bond acceptors (Lipinski definition) is 5. The van der Waals surface area contributed by atoms with Gasteiger partial charge in [0, 0.05) is 17.2 Å². The van der Waals surface area contributed by atoms with Crippen LogP contribution in [0.25, 0.3) is 11.4 Å². The van der Waals surface area contributed by atoms with Crippen LogP contribution in [0, 0.1) is 0 Å². The van der Waals surface area contributed by atoms with Crippen LogP contribution in [0.3, 0.4) is 0 Å². The number of sulfonamides is 1. The number of H-pyrrole nitrogens is 2. The highest BCUT2D eigenvalue weighted by molar-refractivity contribution is 7.92. The lowest BCUT2D eigenvalue weighted by Crippen LogP contribution is -2.13. The highest BCUT2D eigenvalue weighted by Gasteiger charge is 2.18. The second-order valence-corrected chi connectivity index (χ2v) is 6.96. The third-order valence-corrected chi connectivity index (χ3v) is 4.50. The first-order valence-electron chi connectivity index (χ1n) is 6.99. The fraction of sp³-hybridized carbons (Fsp3) is 0.214. The molecule has 23 heavy (non-hydrogen) atoms. The molecule has 0 amide bonds. The van der Waals surface area contributed by atoms with Gasteiger partial charge in [0.25, 0.3) is 10.0 Å². The van der Waals surface area contributed by atoms with Crippen LogP contribution in [0.5, 0.6) is 0 Å². The van der Waals surface area contributed by atoms with Crippen molar-refractivity contribution in [2.75, 3.05) is 4.72 Å². The first-order valence-corrected chi connectivity index (χ1v) is 8.47. The van der Waals surface area contributed by atoms with E-state index in [0.29, 0.717) is 17.3 Å². The van der Waals surface area contributed by atoms with E-state index in [1.54, 1.807) is 18.2 Å². The van der Waals surface area contributed by atoms with Gasteiger partial charge in [-0.25, -0.2) is 9.97 Å². The Morgan fingerprint density at radius 2 is 2.04 bits per heavy atom. The van der Waals surface area contributed by atoms with E-state index in [-0.39, 0.29) is 10.9 Å². The van der Waals surface area contributed by atoms with E-state index in [0.717, 1.165) is 5.56 Å². The van der Waals surface area contributed by atoms with E-state index < -0.39 is 10.0 Å². The van der Waals surface area contributed by atoms with Crippen molar-refractivity contribution in [2.45, 2.75) is 24.8 Å². The zero-order chi connectivity index (χ0) is 16.4. The zero-order valence-electron chi connectivity index (χ0n) is 12.6. The number of aromatic nitrogens is 5. The Kier molecular flexibility index (Phi) is 3.87. The van der Waals surface area contributed by atoms with Gasteiger partial charge < -0.3 is 4.98 Å². The Labute approximate surface area is 133 Å². The summed E-state index contributed by atoms with van der Waals surface area (Å²) in [6.07, 6.45) is 2.71. The molecule has 0 saturated heterocycles. The second-order valence-electron chi connectivity index (χ2n) is 5.31. The maximum atomic E-state index is 12.4. The predicted molar refractivity (Wildman–Crippen MR) is 85.3 cm³/mol. The first-order chi connectivity index (χ1) is 11.0. The Hall–Kier alpha value is -2.68. The predicted octanol–water partition coefficient (Wildman–Crippen LogP) is 2.12. The summed E-state index contributed by atoms with van der Waals surface area (Å²) < 4.78 is 27.4. The number of rotatable bonds is 5. The molecule has 1 aromatic carbocycles. The molecular formula is C14H16N6O2S. The van der Waals surface area contributed by atoms with E-state index in [1.807, 2.05) is 19.9 Å². The lowest BCUT2D eigenvalue weighted by molar-refractivity contribution is 0.597. The molecule has 0 aliphatic heterocycles. The van der Waals surface area contributed by atoms with Crippen LogP contribution < -0.4 is 4.72 Å². The van der Waals surface area contributed by atoms with Gasteiger partial charge in [-0.3, -0.25) is 9.82 Å². The van der Waals surface area contributed by atoms with Crippen molar-refractivity contribution in [3.05, 3.63) is 42.6 Å². The second kappa shape index (κ2) is 5.84. The molecular weight excluding hydrogens is 316 g/mol. The summed E-state index contributed by atoms with van der Waals surface area (Å²) in [7, 11) is -3.73. The fourth-order valence-corrected chi connectivity index (χ4v) is 3.01. The van der Waals surface area contributed by atoms with Crippen LogP contribution >= 0.6 is 0 Å². The quantitative estimate of drug-likeness (QED) is 0.661. The molecule has 2 heterocycles. The van der Waals surface area contributed by atoms with Gasteiger partial charge >= 0.3 is 0 Å². The molecule has 0 atom stereocenters. The summed E-state index contributed by atoms with van der Waals surface area (Å²) >= 11 is 0. The lowest BCUT2D eigenvalue weighted by Gasteiger charge is -2.07. The minimum absolute atomic E-state index is 0.0336. The molecule has 0 fully saturated rings. The van der Waals surface area contributed by atoms with Crippen LogP contribution in [0.1, 0.15) is 25.6 Å². The number of anilines is 1. The van der Waals surface area contributed by atoms with Gasteiger partial charge in [-0.15, -0.1) is 0 Å². The summed E-state index contributed by atoms with van der Waals surface area (Å²) in [5.41, 5.74) is 1.16. The molecule has 3 N–H and O–H groups in total. The molecule has 2 aromatic heterocycles. The van der Waals surface area contributed by atoms with Crippen molar-refractivity contribution in [1.82, 2.24) is 25.1 Å². The maximum absolute atomic E-state index is 12.4. The highest BCUT2D eigenvalue weighted by atomic mass is 32.2. The Balaban J connectivity index is 1.87. The molecule has 0 aliphatic rings. The lowest BCUT2D eigenvalue weighted by atomic mass is 10.2.